The van der Waals surface area contributed by atoms with Crippen molar-refractivity contribution >= 4 is 5.97 Å². The van der Waals surface area contributed by atoms with Crippen molar-refractivity contribution in [3.63, 3.8) is 0 Å². The molecular formula is C13H16FNO2. The molecule has 1 aromatic rings. The van der Waals surface area contributed by atoms with E-state index in [1.807, 2.05) is 0 Å². The third kappa shape index (κ3) is 3.03. The normalized spacial score (nSPS) is 16.3. The lowest BCUT2D eigenvalue weighted by molar-refractivity contribution is 0.0691. The average Bonchev–Trinajstić information content (AvgIpc) is 2.80. The lowest BCUT2D eigenvalue weighted by Gasteiger charge is -2.12. The molecule has 0 spiro atoms. The van der Waals surface area contributed by atoms with Crippen molar-refractivity contribution in [2.75, 3.05) is 0 Å². The van der Waals surface area contributed by atoms with Gasteiger partial charge in [-0.15, -0.1) is 0 Å². The molecule has 0 aliphatic heterocycles. The molecule has 1 fully saturated rings. The van der Waals surface area contributed by atoms with Crippen LogP contribution in [0.25, 0.3) is 0 Å². The molecule has 0 heterocycles. The van der Waals surface area contributed by atoms with Crippen LogP contribution >= 0.6 is 0 Å². The van der Waals surface area contributed by atoms with Gasteiger partial charge in [0.1, 0.15) is 5.82 Å². The largest absolute Gasteiger partial charge is 0.478 e. The Hall–Kier alpha value is -1.42. The summed E-state index contributed by atoms with van der Waals surface area (Å²) < 4.78 is 13.2. The molecule has 3 nitrogen and oxygen atoms in total. The van der Waals surface area contributed by atoms with Crippen LogP contribution in [0.1, 0.15) is 41.6 Å². The predicted molar refractivity (Wildman–Crippen MR) is 62.5 cm³/mol. The lowest BCUT2D eigenvalue weighted by atomic mass is 10.1. The van der Waals surface area contributed by atoms with Crippen molar-refractivity contribution in [3.05, 3.63) is 35.1 Å². The summed E-state index contributed by atoms with van der Waals surface area (Å²) in [5, 5.41) is 12.2. The van der Waals surface area contributed by atoms with Gasteiger partial charge in [0.25, 0.3) is 0 Å². The second kappa shape index (κ2) is 5.27. The first-order valence-corrected chi connectivity index (χ1v) is 5.92. The van der Waals surface area contributed by atoms with Gasteiger partial charge in [0.15, 0.2) is 0 Å². The number of carboxylic acids is 1. The molecule has 2 rings (SSSR count). The van der Waals surface area contributed by atoms with Crippen LogP contribution in [0, 0.1) is 5.82 Å². The molecule has 0 unspecified atom stereocenters. The molecule has 1 aliphatic carbocycles. The van der Waals surface area contributed by atoms with Gasteiger partial charge in [-0.25, -0.2) is 9.18 Å². The zero-order valence-corrected chi connectivity index (χ0v) is 9.58. The highest BCUT2D eigenvalue weighted by atomic mass is 19.1. The van der Waals surface area contributed by atoms with Gasteiger partial charge in [-0.2, -0.15) is 0 Å². The zero-order valence-electron chi connectivity index (χ0n) is 9.58. The number of hydrogen-bond acceptors (Lipinski definition) is 2. The zero-order chi connectivity index (χ0) is 12.3. The molecule has 92 valence electrons. The molecule has 1 aliphatic rings. The van der Waals surface area contributed by atoms with Gasteiger partial charge >= 0.3 is 5.97 Å². The molecule has 1 aromatic carbocycles. The molecule has 1 saturated carbocycles. The Kier molecular flexibility index (Phi) is 3.74. The second-order valence-corrected chi connectivity index (χ2v) is 4.48. The van der Waals surface area contributed by atoms with Crippen molar-refractivity contribution in [2.24, 2.45) is 0 Å². The maximum atomic E-state index is 13.2. The number of nitrogens with one attached hydrogen (secondary N) is 1. The molecule has 0 saturated heterocycles. The van der Waals surface area contributed by atoms with Crippen molar-refractivity contribution in [1.29, 1.82) is 0 Å². The van der Waals surface area contributed by atoms with Crippen LogP contribution in [0.2, 0.25) is 0 Å². The van der Waals surface area contributed by atoms with E-state index in [4.69, 9.17) is 5.11 Å². The maximum Gasteiger partial charge on any atom is 0.338 e. The molecule has 0 radical (unpaired) electrons. The summed E-state index contributed by atoms with van der Waals surface area (Å²) in [4.78, 5) is 10.8. The van der Waals surface area contributed by atoms with Crippen LogP contribution in [0.4, 0.5) is 4.39 Å². The van der Waals surface area contributed by atoms with Crippen LogP contribution < -0.4 is 5.32 Å². The van der Waals surface area contributed by atoms with Gasteiger partial charge in [0, 0.05) is 12.6 Å². The highest BCUT2D eigenvalue weighted by Crippen LogP contribution is 2.18. The SMILES string of the molecule is O=C(O)c1cc(CNC2CCCC2)ccc1F. The molecule has 4 heteroatoms. The average molecular weight is 237 g/mol. The van der Waals surface area contributed by atoms with Crippen LogP contribution in [-0.4, -0.2) is 17.1 Å². The Morgan fingerprint density at radius 2 is 2.12 bits per heavy atom. The summed E-state index contributed by atoms with van der Waals surface area (Å²) in [7, 11) is 0. The van der Waals surface area contributed by atoms with Gasteiger partial charge < -0.3 is 10.4 Å². The van der Waals surface area contributed by atoms with Crippen LogP contribution in [0.5, 0.6) is 0 Å². The van der Waals surface area contributed by atoms with Gasteiger partial charge in [-0.3, -0.25) is 0 Å². The van der Waals surface area contributed by atoms with Gasteiger partial charge in [0.05, 0.1) is 5.56 Å². The first-order valence-electron chi connectivity index (χ1n) is 5.92. The fraction of sp³-hybridized carbons (Fsp3) is 0.462. The quantitative estimate of drug-likeness (QED) is 0.846. The molecule has 0 atom stereocenters. The smallest absolute Gasteiger partial charge is 0.338 e. The molecule has 17 heavy (non-hydrogen) atoms. The van der Waals surface area contributed by atoms with E-state index >= 15 is 0 Å². The molecule has 2 N–H and O–H groups in total. The van der Waals surface area contributed by atoms with Crippen LogP contribution in [-0.2, 0) is 6.54 Å². The van der Waals surface area contributed by atoms with Crippen LogP contribution in [0.3, 0.4) is 0 Å². The Balaban J connectivity index is 2.00. The Morgan fingerprint density at radius 3 is 2.76 bits per heavy atom. The summed E-state index contributed by atoms with van der Waals surface area (Å²) in [6.07, 6.45) is 4.85. The van der Waals surface area contributed by atoms with E-state index in [9.17, 15) is 9.18 Å². The topological polar surface area (TPSA) is 49.3 Å². The summed E-state index contributed by atoms with van der Waals surface area (Å²) in [6, 6.07) is 4.77. The fourth-order valence-electron chi connectivity index (χ4n) is 2.24. The molecule has 0 amide bonds. The first-order chi connectivity index (χ1) is 8.16. The lowest BCUT2D eigenvalue weighted by Crippen LogP contribution is -2.25. The molecule has 0 aromatic heterocycles. The Bertz CT molecular complexity index is 414. The number of carboxylic acid groups (broad SMARTS) is 1. The van der Waals surface area contributed by atoms with Gasteiger partial charge in [-0.1, -0.05) is 18.9 Å². The van der Waals surface area contributed by atoms with Gasteiger partial charge in [-0.05, 0) is 30.5 Å². The number of carbonyl (C=O) groups is 1. The van der Waals surface area contributed by atoms with E-state index in [0.717, 1.165) is 5.56 Å². The minimum Gasteiger partial charge on any atom is -0.478 e. The highest BCUT2D eigenvalue weighted by Gasteiger charge is 2.15. The van der Waals surface area contributed by atoms with E-state index < -0.39 is 11.8 Å². The summed E-state index contributed by atoms with van der Waals surface area (Å²) >= 11 is 0. The predicted octanol–water partition coefficient (Wildman–Crippen LogP) is 2.56. The van der Waals surface area contributed by atoms with Crippen molar-refractivity contribution in [2.45, 2.75) is 38.3 Å². The van der Waals surface area contributed by atoms with Gasteiger partial charge in [0.2, 0.25) is 0 Å². The van der Waals surface area contributed by atoms with Crippen molar-refractivity contribution in [1.82, 2.24) is 5.32 Å². The van der Waals surface area contributed by atoms with Crippen molar-refractivity contribution < 1.29 is 14.3 Å². The molecular weight excluding hydrogens is 221 g/mol. The van der Waals surface area contributed by atoms with E-state index in [-0.39, 0.29) is 5.56 Å². The number of halogens is 1. The number of benzene rings is 1. The summed E-state index contributed by atoms with van der Waals surface area (Å²) in [5.41, 5.74) is 0.562. The Morgan fingerprint density at radius 1 is 1.41 bits per heavy atom. The Labute approximate surface area is 99.7 Å². The van der Waals surface area contributed by atoms with Crippen molar-refractivity contribution in [3.8, 4) is 0 Å². The van der Waals surface area contributed by atoms with E-state index in [0.29, 0.717) is 12.6 Å². The summed E-state index contributed by atoms with van der Waals surface area (Å²) in [5.74, 6) is -1.90. The third-order valence-corrected chi connectivity index (χ3v) is 3.21. The van der Waals surface area contributed by atoms with E-state index in [1.54, 1.807) is 6.07 Å². The van der Waals surface area contributed by atoms with Crippen LogP contribution in [0.15, 0.2) is 18.2 Å². The third-order valence-electron chi connectivity index (χ3n) is 3.21. The number of aromatic carboxylic acids is 1. The number of hydrogen-bond donors (Lipinski definition) is 2. The monoisotopic (exact) mass is 237 g/mol. The van der Waals surface area contributed by atoms with E-state index in [1.165, 1.54) is 37.8 Å². The maximum absolute atomic E-state index is 13.2. The highest BCUT2D eigenvalue weighted by molar-refractivity contribution is 5.88. The van der Waals surface area contributed by atoms with E-state index in [2.05, 4.69) is 5.32 Å². The molecule has 0 bridgehead atoms. The summed E-state index contributed by atoms with van der Waals surface area (Å²) in [6.45, 7) is 0.602. The first kappa shape index (κ1) is 12.0. The minimum absolute atomic E-state index is 0.254. The number of rotatable bonds is 4. The standard InChI is InChI=1S/C13H16FNO2/c14-12-6-5-9(7-11(12)13(16)17)8-15-10-3-1-2-4-10/h5-7,10,15H,1-4,8H2,(H,16,17). The second-order valence-electron chi connectivity index (χ2n) is 4.48. The fourth-order valence-corrected chi connectivity index (χ4v) is 2.24. The minimum atomic E-state index is -1.22.